The molecule has 1 N–H and O–H groups in total. The molecule has 0 atom stereocenters. The van der Waals surface area contributed by atoms with Gasteiger partial charge >= 0.3 is 0 Å². The molecule has 192 valence electrons. The number of rotatable bonds is 10. The van der Waals surface area contributed by atoms with Crippen LogP contribution in [-0.4, -0.2) is 66.8 Å². The lowest BCUT2D eigenvalue weighted by Gasteiger charge is -2.30. The van der Waals surface area contributed by atoms with Crippen LogP contribution in [0, 0.1) is 5.92 Å². The molecular weight excluding hydrogens is 458 g/mol. The summed E-state index contributed by atoms with van der Waals surface area (Å²) in [6, 6.07) is 5.50. The number of hydrogen-bond donors (Lipinski definition) is 1. The number of halogens is 2. The molecule has 0 aromatic carbocycles. The second-order valence-electron chi connectivity index (χ2n) is 9.39. The smallest absolute Gasteiger partial charge is 0.272 e. The van der Waals surface area contributed by atoms with E-state index < -0.39 is 13.0 Å². The molecule has 8 nitrogen and oxygen atoms in total. The van der Waals surface area contributed by atoms with Crippen molar-refractivity contribution in [3.8, 4) is 11.8 Å². The number of fused-ring (bicyclic) bond motifs is 1. The summed E-state index contributed by atoms with van der Waals surface area (Å²) < 4.78 is 40.0. The van der Waals surface area contributed by atoms with Gasteiger partial charge in [-0.1, -0.05) is 6.07 Å². The second-order valence-corrected chi connectivity index (χ2v) is 9.39. The van der Waals surface area contributed by atoms with E-state index in [1.807, 2.05) is 6.07 Å². The molecule has 0 saturated heterocycles. The molecule has 0 bridgehead atoms. The predicted molar refractivity (Wildman–Crippen MR) is 125 cm³/mol. The quantitative estimate of drug-likeness (QED) is 0.544. The molecule has 1 fully saturated rings. The van der Waals surface area contributed by atoms with Gasteiger partial charge in [0.05, 0.1) is 13.5 Å². The zero-order valence-corrected chi connectivity index (χ0v) is 20.2. The van der Waals surface area contributed by atoms with Crippen LogP contribution in [0.5, 0.6) is 11.8 Å². The predicted octanol–water partition coefficient (Wildman–Crippen LogP) is 3.43. The molecule has 4 rings (SSSR count). The fourth-order valence-electron chi connectivity index (χ4n) is 4.93. The van der Waals surface area contributed by atoms with Crippen molar-refractivity contribution in [3.63, 3.8) is 0 Å². The van der Waals surface area contributed by atoms with Gasteiger partial charge in [-0.15, -0.1) is 0 Å². The van der Waals surface area contributed by atoms with E-state index >= 15 is 0 Å². The Morgan fingerprint density at radius 1 is 1.20 bits per heavy atom. The fourth-order valence-corrected chi connectivity index (χ4v) is 4.93. The zero-order valence-electron chi connectivity index (χ0n) is 20.2. The number of pyridine rings is 1. The van der Waals surface area contributed by atoms with Crippen LogP contribution in [0.4, 0.5) is 8.78 Å². The van der Waals surface area contributed by atoms with Crippen LogP contribution in [0.3, 0.4) is 0 Å². The first-order valence-corrected chi connectivity index (χ1v) is 12.4. The summed E-state index contributed by atoms with van der Waals surface area (Å²) >= 11 is 0. The Labute approximate surface area is 204 Å². The van der Waals surface area contributed by atoms with Crippen molar-refractivity contribution in [2.75, 3.05) is 33.4 Å². The van der Waals surface area contributed by atoms with E-state index in [1.165, 1.54) is 12.7 Å². The molecule has 0 unspecified atom stereocenters. The lowest BCUT2D eigenvalue weighted by Crippen LogP contribution is -2.39. The first-order chi connectivity index (χ1) is 17.0. The van der Waals surface area contributed by atoms with Crippen LogP contribution < -0.4 is 14.8 Å². The minimum Gasteiger partial charge on any atom is -0.479 e. The molecule has 2 aromatic heterocycles. The SMILES string of the molecule is COc1cc(CC(=O)NC2CCC(CCN3CCc4ccc(OCC(F)F)nc4CC3)CC2)on1. The molecule has 2 aliphatic rings. The van der Waals surface area contributed by atoms with Gasteiger partial charge in [-0.3, -0.25) is 4.79 Å². The molecule has 10 heteroatoms. The van der Waals surface area contributed by atoms with Gasteiger partial charge < -0.3 is 24.2 Å². The maximum Gasteiger partial charge on any atom is 0.272 e. The maximum atomic E-state index is 12.4. The number of amides is 1. The van der Waals surface area contributed by atoms with E-state index in [2.05, 4.69) is 20.4 Å². The van der Waals surface area contributed by atoms with Gasteiger partial charge in [-0.05, 0) is 61.7 Å². The van der Waals surface area contributed by atoms with Gasteiger partial charge in [0, 0.05) is 43.4 Å². The summed E-state index contributed by atoms with van der Waals surface area (Å²) in [5, 5.41) is 6.84. The molecule has 0 spiro atoms. The summed E-state index contributed by atoms with van der Waals surface area (Å²) in [5.41, 5.74) is 2.14. The van der Waals surface area contributed by atoms with Crippen molar-refractivity contribution in [1.82, 2.24) is 20.4 Å². The van der Waals surface area contributed by atoms with E-state index in [0.29, 0.717) is 17.6 Å². The van der Waals surface area contributed by atoms with E-state index in [0.717, 1.165) is 70.3 Å². The second kappa shape index (κ2) is 12.3. The molecular formula is C25H34F2N4O4. The molecule has 2 aromatic rings. The molecule has 0 radical (unpaired) electrons. The van der Waals surface area contributed by atoms with Crippen molar-refractivity contribution >= 4 is 5.91 Å². The summed E-state index contributed by atoms with van der Waals surface area (Å²) in [6.45, 7) is 2.30. The average Bonchev–Trinajstić information content (AvgIpc) is 3.20. The molecule has 1 saturated carbocycles. The Bertz CT molecular complexity index is 963. The van der Waals surface area contributed by atoms with Gasteiger partial charge in [-0.2, -0.15) is 0 Å². The van der Waals surface area contributed by atoms with Crippen LogP contribution in [0.2, 0.25) is 0 Å². The van der Waals surface area contributed by atoms with Crippen molar-refractivity contribution < 1.29 is 27.6 Å². The highest BCUT2D eigenvalue weighted by atomic mass is 19.3. The molecule has 1 aliphatic heterocycles. The van der Waals surface area contributed by atoms with Crippen molar-refractivity contribution in [2.45, 2.75) is 63.8 Å². The summed E-state index contributed by atoms with van der Waals surface area (Å²) in [6.07, 6.45) is 4.74. The highest BCUT2D eigenvalue weighted by Gasteiger charge is 2.24. The summed E-state index contributed by atoms with van der Waals surface area (Å²) in [7, 11) is 1.51. The Hall–Kier alpha value is -2.75. The fraction of sp³-hybridized carbons (Fsp3) is 0.640. The Kier molecular flexibility index (Phi) is 8.90. The summed E-state index contributed by atoms with van der Waals surface area (Å²) in [5.74, 6) is 1.77. The number of carbonyl (C=O) groups is 1. The van der Waals surface area contributed by atoms with Crippen molar-refractivity contribution in [2.24, 2.45) is 5.92 Å². The molecule has 1 aliphatic carbocycles. The minimum absolute atomic E-state index is 0.0484. The number of carbonyl (C=O) groups excluding carboxylic acids is 1. The van der Waals surface area contributed by atoms with Crippen LogP contribution in [0.1, 0.15) is 49.1 Å². The largest absolute Gasteiger partial charge is 0.479 e. The van der Waals surface area contributed by atoms with E-state index in [4.69, 9.17) is 14.0 Å². The minimum atomic E-state index is -2.50. The lowest BCUT2D eigenvalue weighted by molar-refractivity contribution is -0.121. The first kappa shape index (κ1) is 25.3. The Morgan fingerprint density at radius 3 is 2.74 bits per heavy atom. The maximum absolute atomic E-state index is 12.4. The number of hydrogen-bond acceptors (Lipinski definition) is 7. The standard InChI is InChI=1S/C25H34F2N4O4/c1-33-25-15-20(35-30-25)14-23(32)28-19-5-2-17(3-6-19)8-11-31-12-9-18-4-7-24(34-16-22(26)27)29-21(18)10-13-31/h4,7,15,17,19,22H,2-3,5-6,8-14,16H2,1H3,(H,28,32). The average molecular weight is 493 g/mol. The highest BCUT2D eigenvalue weighted by molar-refractivity contribution is 5.78. The van der Waals surface area contributed by atoms with E-state index in [1.54, 1.807) is 12.1 Å². The molecule has 35 heavy (non-hydrogen) atoms. The van der Waals surface area contributed by atoms with Crippen LogP contribution in [0.15, 0.2) is 22.7 Å². The Morgan fingerprint density at radius 2 is 2.00 bits per heavy atom. The van der Waals surface area contributed by atoms with Crippen molar-refractivity contribution in [1.29, 1.82) is 0 Å². The monoisotopic (exact) mass is 492 g/mol. The third-order valence-corrected chi connectivity index (χ3v) is 6.91. The number of nitrogens with one attached hydrogen (secondary N) is 1. The topological polar surface area (TPSA) is 89.7 Å². The zero-order chi connectivity index (χ0) is 24.6. The molecule has 1 amide bonds. The number of alkyl halides is 2. The van der Waals surface area contributed by atoms with Gasteiger partial charge in [0.2, 0.25) is 11.8 Å². The summed E-state index contributed by atoms with van der Waals surface area (Å²) in [4.78, 5) is 19.2. The van der Waals surface area contributed by atoms with Crippen LogP contribution in [-0.2, 0) is 24.1 Å². The lowest BCUT2D eigenvalue weighted by atomic mass is 9.84. The van der Waals surface area contributed by atoms with Crippen molar-refractivity contribution in [3.05, 3.63) is 35.2 Å². The number of nitrogens with zero attached hydrogens (tertiary/aromatic N) is 3. The third kappa shape index (κ3) is 7.62. The first-order valence-electron chi connectivity index (χ1n) is 12.4. The van der Waals surface area contributed by atoms with Crippen LogP contribution in [0.25, 0.3) is 0 Å². The molecule has 3 heterocycles. The number of methoxy groups -OCH3 is 1. The van der Waals surface area contributed by atoms with Gasteiger partial charge in [0.25, 0.3) is 12.3 Å². The van der Waals surface area contributed by atoms with Gasteiger partial charge in [-0.25, -0.2) is 13.8 Å². The third-order valence-electron chi connectivity index (χ3n) is 6.91. The Balaban J connectivity index is 1.15. The van der Waals surface area contributed by atoms with Gasteiger partial charge in [0.1, 0.15) is 5.76 Å². The highest BCUT2D eigenvalue weighted by Crippen LogP contribution is 2.28. The van der Waals surface area contributed by atoms with E-state index in [-0.39, 0.29) is 24.2 Å². The normalized spacial score (nSPS) is 20.8. The number of aromatic nitrogens is 2. The van der Waals surface area contributed by atoms with Gasteiger partial charge in [0.15, 0.2) is 6.61 Å². The van der Waals surface area contributed by atoms with E-state index in [9.17, 15) is 13.6 Å². The number of ether oxygens (including phenoxy) is 2. The van der Waals surface area contributed by atoms with Crippen LogP contribution >= 0.6 is 0 Å².